The molecule has 0 radical (unpaired) electrons. The number of carbonyl (C=O) groups excluding carboxylic acids is 1. The Balaban J connectivity index is 3.18. The smallest absolute Gasteiger partial charge is 0.247 e. The lowest BCUT2D eigenvalue weighted by Gasteiger charge is -2.16. The highest BCUT2D eigenvalue weighted by molar-refractivity contribution is 6.02. The number of methoxy groups -OCH3 is 1. The summed E-state index contributed by atoms with van der Waals surface area (Å²) in [5.74, 6) is 0.464. The van der Waals surface area contributed by atoms with Gasteiger partial charge in [-0.25, -0.2) is 0 Å². The van der Waals surface area contributed by atoms with Crippen LogP contribution in [0.25, 0.3) is 0 Å². The van der Waals surface area contributed by atoms with Crippen molar-refractivity contribution in [1.82, 2.24) is 0 Å². The third kappa shape index (κ3) is 3.16. The van der Waals surface area contributed by atoms with Gasteiger partial charge in [0.25, 0.3) is 0 Å². The van der Waals surface area contributed by atoms with Gasteiger partial charge in [-0.15, -0.1) is 0 Å². The topological polar surface area (TPSA) is 62.4 Å². The first kappa shape index (κ1) is 13.9. The molecule has 1 rings (SSSR count). The average Bonchev–Trinajstić information content (AvgIpc) is 2.40. The minimum atomic E-state index is -0.249. The largest absolute Gasteiger partial charge is 0.495 e. The molecule has 0 saturated carbocycles. The highest BCUT2D eigenvalue weighted by Crippen LogP contribution is 2.34. The Morgan fingerprint density at radius 2 is 2.11 bits per heavy atom. The van der Waals surface area contributed by atoms with Gasteiger partial charge in [0.2, 0.25) is 5.91 Å². The highest BCUT2D eigenvalue weighted by atomic mass is 16.5. The number of ether oxygens (including phenoxy) is 1. The molecular weight excluding hydrogens is 230 g/mol. The van der Waals surface area contributed by atoms with Gasteiger partial charge in [0.15, 0.2) is 0 Å². The van der Waals surface area contributed by atoms with Gasteiger partial charge in [-0.1, -0.05) is 6.58 Å². The van der Waals surface area contributed by atoms with E-state index in [1.165, 1.54) is 6.08 Å². The molecule has 0 aliphatic rings. The van der Waals surface area contributed by atoms with Crippen molar-refractivity contribution in [1.29, 1.82) is 0 Å². The van der Waals surface area contributed by atoms with Crippen molar-refractivity contribution in [2.24, 2.45) is 0 Å². The van der Waals surface area contributed by atoms with Crippen LogP contribution in [0.4, 0.5) is 17.1 Å². The molecule has 0 unspecified atom stereocenters. The van der Waals surface area contributed by atoms with Crippen LogP contribution in [0.15, 0.2) is 24.8 Å². The molecule has 0 spiro atoms. The number of amides is 1. The van der Waals surface area contributed by atoms with E-state index in [1.54, 1.807) is 14.2 Å². The summed E-state index contributed by atoms with van der Waals surface area (Å²) < 4.78 is 5.27. The summed E-state index contributed by atoms with van der Waals surface area (Å²) in [7, 11) is 3.40. The Morgan fingerprint density at radius 1 is 1.39 bits per heavy atom. The molecule has 0 fully saturated rings. The highest BCUT2D eigenvalue weighted by Gasteiger charge is 2.10. The molecule has 98 valence electrons. The number of carbonyl (C=O) groups is 1. The van der Waals surface area contributed by atoms with E-state index in [4.69, 9.17) is 4.74 Å². The summed E-state index contributed by atoms with van der Waals surface area (Å²) in [6, 6.07) is 3.66. The van der Waals surface area contributed by atoms with Crippen molar-refractivity contribution in [2.75, 3.05) is 36.7 Å². The number of anilines is 3. The maximum Gasteiger partial charge on any atom is 0.247 e. The number of hydrogen-bond acceptors (Lipinski definition) is 4. The molecule has 0 aromatic heterocycles. The van der Waals surface area contributed by atoms with Gasteiger partial charge in [0.1, 0.15) is 5.75 Å². The summed E-state index contributed by atoms with van der Waals surface area (Å²) in [6.07, 6.45) is 1.24. The Hall–Kier alpha value is -2.17. The van der Waals surface area contributed by atoms with E-state index in [0.717, 1.165) is 17.9 Å². The fourth-order valence-electron chi connectivity index (χ4n) is 1.57. The Morgan fingerprint density at radius 3 is 2.61 bits per heavy atom. The van der Waals surface area contributed by atoms with E-state index in [1.807, 2.05) is 19.1 Å². The fraction of sp³-hybridized carbons (Fsp3) is 0.308. The van der Waals surface area contributed by atoms with Crippen molar-refractivity contribution in [3.8, 4) is 5.75 Å². The number of rotatable bonds is 6. The second-order valence-corrected chi connectivity index (χ2v) is 3.57. The third-order valence-corrected chi connectivity index (χ3v) is 2.42. The maximum atomic E-state index is 11.4. The van der Waals surface area contributed by atoms with Crippen LogP contribution in [0, 0.1) is 0 Å². The molecule has 0 heterocycles. The van der Waals surface area contributed by atoms with E-state index in [9.17, 15) is 4.79 Å². The minimum absolute atomic E-state index is 0.249. The van der Waals surface area contributed by atoms with Crippen LogP contribution in [-0.2, 0) is 4.79 Å². The van der Waals surface area contributed by atoms with Crippen molar-refractivity contribution in [2.45, 2.75) is 6.92 Å². The lowest BCUT2D eigenvalue weighted by molar-refractivity contribution is -0.111. The summed E-state index contributed by atoms with van der Waals surface area (Å²) >= 11 is 0. The first-order valence-corrected chi connectivity index (χ1v) is 5.73. The second kappa shape index (κ2) is 6.54. The van der Waals surface area contributed by atoms with Crippen LogP contribution in [0.3, 0.4) is 0 Å². The Bertz CT molecular complexity index is 444. The predicted molar refractivity (Wildman–Crippen MR) is 75.5 cm³/mol. The van der Waals surface area contributed by atoms with Crippen molar-refractivity contribution >= 4 is 23.0 Å². The first-order chi connectivity index (χ1) is 8.65. The summed E-state index contributed by atoms with van der Waals surface area (Å²) in [5.41, 5.74) is 2.30. The van der Waals surface area contributed by atoms with Crippen LogP contribution < -0.4 is 20.7 Å². The maximum absolute atomic E-state index is 11.4. The van der Waals surface area contributed by atoms with Crippen LogP contribution in [0.1, 0.15) is 6.92 Å². The molecule has 0 saturated heterocycles. The first-order valence-electron chi connectivity index (χ1n) is 5.73. The summed E-state index contributed by atoms with van der Waals surface area (Å²) in [6.45, 7) is 6.17. The molecule has 1 aromatic carbocycles. The third-order valence-electron chi connectivity index (χ3n) is 2.42. The zero-order valence-corrected chi connectivity index (χ0v) is 11.0. The standard InChI is InChI=1S/C13H19N3O2/c1-5-13(17)16-10-7-11(14-3)12(18-4)8-9(10)15-6-2/h5,7-8,14-15H,1,6H2,2-4H3,(H,16,17). The fourth-order valence-corrected chi connectivity index (χ4v) is 1.57. The van der Waals surface area contributed by atoms with Crippen molar-refractivity contribution in [3.63, 3.8) is 0 Å². The molecule has 1 amide bonds. The average molecular weight is 249 g/mol. The molecule has 0 atom stereocenters. The number of nitrogens with one attached hydrogen (secondary N) is 3. The molecule has 0 bridgehead atoms. The van der Waals surface area contributed by atoms with Crippen LogP contribution in [-0.4, -0.2) is 26.6 Å². The van der Waals surface area contributed by atoms with Gasteiger partial charge in [-0.2, -0.15) is 0 Å². The lowest BCUT2D eigenvalue weighted by Crippen LogP contribution is -2.11. The Labute approximate surface area is 107 Å². The van der Waals surface area contributed by atoms with Gasteiger partial charge in [-0.3, -0.25) is 4.79 Å². The molecule has 3 N–H and O–H groups in total. The van der Waals surface area contributed by atoms with Gasteiger partial charge in [0.05, 0.1) is 24.2 Å². The quantitative estimate of drug-likeness (QED) is 0.677. The molecule has 0 aliphatic carbocycles. The van der Waals surface area contributed by atoms with E-state index >= 15 is 0 Å². The van der Waals surface area contributed by atoms with E-state index in [-0.39, 0.29) is 5.91 Å². The van der Waals surface area contributed by atoms with Gasteiger partial charge in [-0.05, 0) is 19.1 Å². The SMILES string of the molecule is C=CC(=O)Nc1cc(NC)c(OC)cc1NCC. The van der Waals surface area contributed by atoms with E-state index < -0.39 is 0 Å². The van der Waals surface area contributed by atoms with Gasteiger partial charge in [0, 0.05) is 19.7 Å². The zero-order chi connectivity index (χ0) is 13.5. The lowest BCUT2D eigenvalue weighted by atomic mass is 10.2. The van der Waals surface area contributed by atoms with Gasteiger partial charge >= 0.3 is 0 Å². The van der Waals surface area contributed by atoms with Crippen molar-refractivity contribution < 1.29 is 9.53 Å². The number of benzene rings is 1. The molecule has 18 heavy (non-hydrogen) atoms. The van der Waals surface area contributed by atoms with E-state index in [2.05, 4.69) is 22.5 Å². The molecule has 1 aromatic rings. The monoisotopic (exact) mass is 249 g/mol. The summed E-state index contributed by atoms with van der Waals surface area (Å²) in [4.78, 5) is 11.4. The van der Waals surface area contributed by atoms with Gasteiger partial charge < -0.3 is 20.7 Å². The predicted octanol–water partition coefficient (Wildman–Crippen LogP) is 2.29. The molecule has 5 nitrogen and oxygen atoms in total. The molecule has 0 aliphatic heterocycles. The normalized spacial score (nSPS) is 9.50. The minimum Gasteiger partial charge on any atom is -0.495 e. The molecule has 5 heteroatoms. The zero-order valence-electron chi connectivity index (χ0n) is 11.0. The number of hydrogen-bond donors (Lipinski definition) is 3. The Kier molecular flexibility index (Phi) is 5.05. The second-order valence-electron chi connectivity index (χ2n) is 3.57. The molecular formula is C13H19N3O2. The van der Waals surface area contributed by atoms with Crippen molar-refractivity contribution in [3.05, 3.63) is 24.8 Å². The van der Waals surface area contributed by atoms with Crippen LogP contribution in [0.5, 0.6) is 5.75 Å². The van der Waals surface area contributed by atoms with Crippen LogP contribution >= 0.6 is 0 Å². The van der Waals surface area contributed by atoms with E-state index in [0.29, 0.717) is 11.4 Å². The summed E-state index contributed by atoms with van der Waals surface area (Å²) in [5, 5.41) is 8.95. The van der Waals surface area contributed by atoms with Crippen LogP contribution in [0.2, 0.25) is 0 Å².